The predicted octanol–water partition coefficient (Wildman–Crippen LogP) is 4.07. The fourth-order valence-corrected chi connectivity index (χ4v) is 2.13. The summed E-state index contributed by atoms with van der Waals surface area (Å²) in [5.41, 5.74) is -0.432. The van der Waals surface area contributed by atoms with Gasteiger partial charge in [0, 0.05) is 11.4 Å². The van der Waals surface area contributed by atoms with Gasteiger partial charge in [0.05, 0.1) is 12.2 Å². The molecule has 0 aromatic heterocycles. The topological polar surface area (TPSA) is 67.4 Å². The van der Waals surface area contributed by atoms with E-state index in [1.54, 1.807) is 24.3 Å². The monoisotopic (exact) mass is 366 g/mol. The zero-order chi connectivity index (χ0) is 19.2. The summed E-state index contributed by atoms with van der Waals surface area (Å²) in [4.78, 5) is 23.7. The number of carbonyl (C=O) groups is 2. The lowest BCUT2D eigenvalue weighted by Gasteiger charge is -2.10. The molecule has 0 aliphatic rings. The minimum atomic E-state index is -4.51. The van der Waals surface area contributed by atoms with Crippen molar-refractivity contribution in [1.82, 2.24) is 0 Å². The molecule has 2 rings (SSSR count). The van der Waals surface area contributed by atoms with E-state index < -0.39 is 30.0 Å². The van der Waals surface area contributed by atoms with E-state index >= 15 is 0 Å². The highest BCUT2D eigenvalue weighted by atomic mass is 19.4. The number of rotatable bonds is 6. The Balaban J connectivity index is 1.90. The van der Waals surface area contributed by atoms with Gasteiger partial charge in [0.25, 0.3) is 0 Å². The third-order valence-corrected chi connectivity index (χ3v) is 3.24. The normalized spacial score (nSPS) is 10.9. The molecular formula is C18H17F3N2O3. The van der Waals surface area contributed by atoms with Gasteiger partial charge >= 0.3 is 6.18 Å². The number of benzene rings is 2. The van der Waals surface area contributed by atoms with Crippen LogP contribution in [0.3, 0.4) is 0 Å². The molecule has 0 unspecified atom stereocenters. The van der Waals surface area contributed by atoms with E-state index in [-0.39, 0.29) is 5.69 Å². The van der Waals surface area contributed by atoms with Crippen LogP contribution < -0.4 is 15.4 Å². The summed E-state index contributed by atoms with van der Waals surface area (Å²) >= 11 is 0. The number of alkyl halides is 3. The summed E-state index contributed by atoms with van der Waals surface area (Å²) in [5.74, 6) is -0.654. The van der Waals surface area contributed by atoms with Gasteiger partial charge in [0.2, 0.25) is 11.8 Å². The highest BCUT2D eigenvalue weighted by Gasteiger charge is 2.30. The number of hydrogen-bond donors (Lipinski definition) is 2. The average molecular weight is 366 g/mol. The first-order chi connectivity index (χ1) is 12.3. The lowest BCUT2D eigenvalue weighted by atomic mass is 10.2. The van der Waals surface area contributed by atoms with Crippen LogP contribution in [0.1, 0.15) is 18.9 Å². The number of nitrogens with one attached hydrogen (secondary N) is 2. The molecule has 0 heterocycles. The van der Waals surface area contributed by atoms with Gasteiger partial charge in [-0.05, 0) is 49.4 Å². The number of hydrogen-bond acceptors (Lipinski definition) is 3. The van der Waals surface area contributed by atoms with Crippen molar-refractivity contribution in [3.05, 3.63) is 54.1 Å². The highest BCUT2D eigenvalue weighted by Crippen LogP contribution is 2.30. The molecule has 0 saturated heterocycles. The average Bonchev–Trinajstić information content (AvgIpc) is 2.56. The third-order valence-electron chi connectivity index (χ3n) is 3.24. The first-order valence-corrected chi connectivity index (χ1v) is 7.77. The minimum absolute atomic E-state index is 0.0290. The minimum Gasteiger partial charge on any atom is -0.494 e. The van der Waals surface area contributed by atoms with Gasteiger partial charge in [-0.3, -0.25) is 9.59 Å². The molecule has 0 bridgehead atoms. The van der Waals surface area contributed by atoms with E-state index in [1.807, 2.05) is 6.92 Å². The maximum atomic E-state index is 12.6. The van der Waals surface area contributed by atoms with Crippen molar-refractivity contribution in [2.45, 2.75) is 19.5 Å². The van der Waals surface area contributed by atoms with Gasteiger partial charge in [-0.25, -0.2) is 0 Å². The SMILES string of the molecule is CCOc1ccc(NC(=O)CC(=O)Nc2cccc(C(F)(F)F)c2)cc1. The molecule has 2 aromatic carbocycles. The Morgan fingerprint density at radius 3 is 2.15 bits per heavy atom. The Hall–Kier alpha value is -3.03. The van der Waals surface area contributed by atoms with Crippen LogP contribution >= 0.6 is 0 Å². The molecule has 0 radical (unpaired) electrons. The maximum absolute atomic E-state index is 12.6. The molecule has 2 amide bonds. The van der Waals surface area contributed by atoms with Crippen molar-refractivity contribution in [3.8, 4) is 5.75 Å². The number of halogens is 3. The van der Waals surface area contributed by atoms with E-state index in [1.165, 1.54) is 12.1 Å². The molecule has 5 nitrogen and oxygen atoms in total. The van der Waals surface area contributed by atoms with Crippen molar-refractivity contribution in [1.29, 1.82) is 0 Å². The van der Waals surface area contributed by atoms with Crippen molar-refractivity contribution in [2.75, 3.05) is 17.2 Å². The van der Waals surface area contributed by atoms with Gasteiger partial charge in [-0.15, -0.1) is 0 Å². The smallest absolute Gasteiger partial charge is 0.416 e. The van der Waals surface area contributed by atoms with Crippen LogP contribution in [0, 0.1) is 0 Å². The van der Waals surface area contributed by atoms with E-state index in [0.29, 0.717) is 18.0 Å². The van der Waals surface area contributed by atoms with Crippen molar-refractivity contribution < 1.29 is 27.5 Å². The molecule has 0 saturated carbocycles. The molecule has 138 valence electrons. The van der Waals surface area contributed by atoms with Crippen LogP contribution in [0.25, 0.3) is 0 Å². The van der Waals surface area contributed by atoms with Crippen LogP contribution in [0.2, 0.25) is 0 Å². The standard InChI is InChI=1S/C18H17F3N2O3/c1-2-26-15-8-6-13(7-9-15)22-16(24)11-17(25)23-14-5-3-4-12(10-14)18(19,20)21/h3-10H,2,11H2,1H3,(H,22,24)(H,23,25). The van der Waals surface area contributed by atoms with E-state index in [2.05, 4.69) is 10.6 Å². The Labute approximate surface area is 148 Å². The number of anilines is 2. The van der Waals surface area contributed by atoms with E-state index in [0.717, 1.165) is 12.1 Å². The summed E-state index contributed by atoms with van der Waals surface area (Å²) in [6.45, 7) is 2.36. The van der Waals surface area contributed by atoms with E-state index in [9.17, 15) is 22.8 Å². The van der Waals surface area contributed by atoms with Crippen LogP contribution in [-0.4, -0.2) is 18.4 Å². The third kappa shape index (κ3) is 5.80. The van der Waals surface area contributed by atoms with Crippen LogP contribution in [0.4, 0.5) is 24.5 Å². The molecule has 0 aliphatic carbocycles. The Morgan fingerprint density at radius 1 is 0.962 bits per heavy atom. The Morgan fingerprint density at radius 2 is 1.58 bits per heavy atom. The quantitative estimate of drug-likeness (QED) is 0.758. The molecule has 0 atom stereocenters. The molecule has 0 fully saturated rings. The van der Waals surface area contributed by atoms with Crippen molar-refractivity contribution >= 4 is 23.2 Å². The first-order valence-electron chi connectivity index (χ1n) is 7.77. The van der Waals surface area contributed by atoms with Crippen LogP contribution in [-0.2, 0) is 15.8 Å². The number of amides is 2. The van der Waals surface area contributed by atoms with Crippen LogP contribution in [0.5, 0.6) is 5.75 Å². The summed E-state index contributed by atoms with van der Waals surface area (Å²) in [6, 6.07) is 10.8. The summed E-state index contributed by atoms with van der Waals surface area (Å²) in [6.07, 6.45) is -5.03. The van der Waals surface area contributed by atoms with Crippen molar-refractivity contribution in [3.63, 3.8) is 0 Å². The fourth-order valence-electron chi connectivity index (χ4n) is 2.13. The first kappa shape index (κ1) is 19.3. The maximum Gasteiger partial charge on any atom is 0.416 e. The van der Waals surface area contributed by atoms with Gasteiger partial charge in [0.15, 0.2) is 0 Å². The van der Waals surface area contributed by atoms with E-state index in [4.69, 9.17) is 4.74 Å². The molecule has 8 heteroatoms. The van der Waals surface area contributed by atoms with Gasteiger partial charge in [-0.1, -0.05) is 6.07 Å². The molecular weight excluding hydrogens is 349 g/mol. The zero-order valence-electron chi connectivity index (χ0n) is 13.9. The number of ether oxygens (including phenoxy) is 1. The fraction of sp³-hybridized carbons (Fsp3) is 0.222. The van der Waals surface area contributed by atoms with Crippen molar-refractivity contribution in [2.24, 2.45) is 0 Å². The second kappa shape index (κ2) is 8.37. The Kier molecular flexibility index (Phi) is 6.21. The Bertz CT molecular complexity index is 774. The number of carbonyl (C=O) groups excluding carboxylic acids is 2. The molecule has 0 spiro atoms. The second-order valence-corrected chi connectivity index (χ2v) is 5.31. The molecule has 26 heavy (non-hydrogen) atoms. The second-order valence-electron chi connectivity index (χ2n) is 5.31. The summed E-state index contributed by atoms with van der Waals surface area (Å²) in [7, 11) is 0. The summed E-state index contributed by atoms with van der Waals surface area (Å²) in [5, 5.41) is 4.81. The van der Waals surface area contributed by atoms with Gasteiger partial charge in [0.1, 0.15) is 12.2 Å². The highest BCUT2D eigenvalue weighted by molar-refractivity contribution is 6.08. The van der Waals surface area contributed by atoms with Gasteiger partial charge in [-0.2, -0.15) is 13.2 Å². The molecule has 0 aliphatic heterocycles. The van der Waals surface area contributed by atoms with Crippen LogP contribution in [0.15, 0.2) is 48.5 Å². The lowest BCUT2D eigenvalue weighted by molar-refractivity contribution is -0.137. The predicted molar refractivity (Wildman–Crippen MR) is 90.9 cm³/mol. The lowest BCUT2D eigenvalue weighted by Crippen LogP contribution is -2.21. The van der Waals surface area contributed by atoms with Gasteiger partial charge < -0.3 is 15.4 Å². The molecule has 2 aromatic rings. The summed E-state index contributed by atoms with van der Waals surface area (Å²) < 4.78 is 43.2. The molecule has 2 N–H and O–H groups in total. The largest absolute Gasteiger partial charge is 0.494 e. The zero-order valence-corrected chi connectivity index (χ0v) is 13.9.